The molecule has 0 aromatic carbocycles. The van der Waals surface area contributed by atoms with Crippen molar-refractivity contribution in [2.24, 2.45) is 17.8 Å². The number of thiophene rings is 1. The van der Waals surface area contributed by atoms with Crippen LogP contribution in [0.1, 0.15) is 29.6 Å². The summed E-state index contributed by atoms with van der Waals surface area (Å²) < 4.78 is 4.63. The molecule has 0 radical (unpaired) electrons. The van der Waals surface area contributed by atoms with Crippen LogP contribution in [0.5, 0.6) is 0 Å². The third kappa shape index (κ3) is 1.92. The van der Waals surface area contributed by atoms with Crippen molar-refractivity contribution in [2.75, 3.05) is 12.4 Å². The summed E-state index contributed by atoms with van der Waals surface area (Å²) in [6.45, 7) is 0. The summed E-state index contributed by atoms with van der Waals surface area (Å²) in [5, 5.41) is 5.33. The second kappa shape index (κ2) is 4.39. The minimum Gasteiger partial charge on any atom is -0.465 e. The summed E-state index contributed by atoms with van der Waals surface area (Å²) in [5.41, 5.74) is 0.494. The van der Waals surface area contributed by atoms with Gasteiger partial charge in [-0.15, -0.1) is 11.3 Å². The largest absolute Gasteiger partial charge is 0.465 e. The Morgan fingerprint density at radius 1 is 1.39 bits per heavy atom. The lowest BCUT2D eigenvalue weighted by molar-refractivity contribution is -0.118. The highest BCUT2D eigenvalue weighted by Gasteiger charge is 2.56. The molecule has 2 aliphatic rings. The van der Waals surface area contributed by atoms with E-state index in [9.17, 15) is 9.59 Å². The number of carbonyl (C=O) groups excluding carboxylic acids is 2. The molecule has 0 unspecified atom stereocenters. The van der Waals surface area contributed by atoms with Gasteiger partial charge in [-0.25, -0.2) is 4.79 Å². The third-order valence-corrected chi connectivity index (χ3v) is 4.82. The Labute approximate surface area is 109 Å². The van der Waals surface area contributed by atoms with Crippen LogP contribution in [0.2, 0.25) is 0 Å². The number of anilines is 1. The second-order valence-corrected chi connectivity index (χ2v) is 5.88. The molecule has 18 heavy (non-hydrogen) atoms. The van der Waals surface area contributed by atoms with Crippen molar-refractivity contribution < 1.29 is 14.3 Å². The summed E-state index contributed by atoms with van der Waals surface area (Å²) in [6, 6.07) is 1.67. The van der Waals surface area contributed by atoms with Crippen LogP contribution in [0.3, 0.4) is 0 Å². The molecule has 1 heterocycles. The van der Waals surface area contributed by atoms with Gasteiger partial charge in [0.2, 0.25) is 5.91 Å². The highest BCUT2D eigenvalue weighted by atomic mass is 32.1. The summed E-state index contributed by atoms with van der Waals surface area (Å²) in [7, 11) is 1.35. The molecular weight excluding hydrogens is 250 g/mol. The number of rotatable bonds is 3. The van der Waals surface area contributed by atoms with Crippen molar-refractivity contribution in [3.63, 3.8) is 0 Å². The standard InChI is InChI=1S/C13H15NO3S/c1-17-13(16)7-5-10(18-6-7)14-12(15)11-8-3-2-4-9(8)11/h5-6,8-9,11H,2-4H2,1H3,(H,14,15)/t8-,9-/m1/s1. The van der Waals surface area contributed by atoms with Gasteiger partial charge in [-0.1, -0.05) is 6.42 Å². The van der Waals surface area contributed by atoms with Crippen molar-refractivity contribution in [3.05, 3.63) is 17.0 Å². The second-order valence-electron chi connectivity index (χ2n) is 4.96. The predicted octanol–water partition coefficient (Wildman–Crippen LogP) is 2.52. The minimum atomic E-state index is -0.366. The lowest BCUT2D eigenvalue weighted by Crippen LogP contribution is -2.15. The maximum Gasteiger partial charge on any atom is 0.338 e. The zero-order valence-electron chi connectivity index (χ0n) is 10.1. The molecule has 2 saturated carbocycles. The molecule has 2 atom stereocenters. The topological polar surface area (TPSA) is 55.4 Å². The maximum absolute atomic E-state index is 12.0. The number of hydrogen-bond acceptors (Lipinski definition) is 4. The molecule has 5 heteroatoms. The first kappa shape index (κ1) is 11.7. The van der Waals surface area contributed by atoms with Crippen molar-refractivity contribution in [2.45, 2.75) is 19.3 Å². The average molecular weight is 265 g/mol. The average Bonchev–Trinajstić information content (AvgIpc) is 2.76. The Morgan fingerprint density at radius 3 is 2.78 bits per heavy atom. The molecule has 2 aliphatic carbocycles. The number of hydrogen-bond donors (Lipinski definition) is 1. The van der Waals surface area contributed by atoms with Crippen molar-refractivity contribution in [3.8, 4) is 0 Å². The lowest BCUT2D eigenvalue weighted by atomic mass is 10.1. The number of nitrogens with one attached hydrogen (secondary N) is 1. The van der Waals surface area contributed by atoms with Crippen LogP contribution in [-0.2, 0) is 9.53 Å². The molecule has 96 valence electrons. The monoisotopic (exact) mass is 265 g/mol. The van der Waals surface area contributed by atoms with Crippen LogP contribution in [0, 0.1) is 17.8 Å². The highest BCUT2D eigenvalue weighted by Crippen LogP contribution is 2.57. The van der Waals surface area contributed by atoms with Gasteiger partial charge in [-0.05, 0) is 30.7 Å². The molecule has 0 spiro atoms. The van der Waals surface area contributed by atoms with Gasteiger partial charge in [-0.3, -0.25) is 4.79 Å². The zero-order chi connectivity index (χ0) is 12.7. The minimum absolute atomic E-state index is 0.114. The Bertz CT molecular complexity index is 486. The van der Waals surface area contributed by atoms with Gasteiger partial charge in [-0.2, -0.15) is 0 Å². The number of methoxy groups -OCH3 is 1. The van der Waals surface area contributed by atoms with E-state index in [4.69, 9.17) is 0 Å². The summed E-state index contributed by atoms with van der Waals surface area (Å²) >= 11 is 1.36. The molecule has 1 aromatic heterocycles. The van der Waals surface area contributed by atoms with Crippen molar-refractivity contribution >= 4 is 28.2 Å². The molecule has 2 fully saturated rings. The van der Waals surface area contributed by atoms with Crippen LogP contribution in [-0.4, -0.2) is 19.0 Å². The first-order chi connectivity index (χ1) is 8.70. The van der Waals surface area contributed by atoms with Gasteiger partial charge >= 0.3 is 5.97 Å². The molecule has 3 rings (SSSR count). The number of carbonyl (C=O) groups is 2. The molecule has 1 N–H and O–H groups in total. The number of esters is 1. The van der Waals surface area contributed by atoms with Gasteiger partial charge < -0.3 is 10.1 Å². The van der Waals surface area contributed by atoms with E-state index >= 15 is 0 Å². The van der Waals surface area contributed by atoms with E-state index in [2.05, 4.69) is 10.1 Å². The zero-order valence-corrected chi connectivity index (χ0v) is 11.0. The molecule has 0 aliphatic heterocycles. The SMILES string of the molecule is COC(=O)c1csc(NC(=O)C2[C@@H]3CCC[C@@H]23)c1. The van der Waals surface area contributed by atoms with Gasteiger partial charge in [0.1, 0.15) is 0 Å². The number of amides is 1. The Kier molecular flexibility index (Phi) is 2.86. The van der Waals surface area contributed by atoms with Crippen LogP contribution in [0.25, 0.3) is 0 Å². The lowest BCUT2D eigenvalue weighted by Gasteiger charge is -2.03. The van der Waals surface area contributed by atoms with Gasteiger partial charge in [0.25, 0.3) is 0 Å². The van der Waals surface area contributed by atoms with Crippen LogP contribution in [0.4, 0.5) is 5.00 Å². The first-order valence-corrected chi connectivity index (χ1v) is 7.06. The Hall–Kier alpha value is -1.36. The maximum atomic E-state index is 12.0. The van der Waals surface area contributed by atoms with E-state index in [0.29, 0.717) is 17.4 Å². The van der Waals surface area contributed by atoms with Crippen LogP contribution >= 0.6 is 11.3 Å². The number of ether oxygens (including phenoxy) is 1. The summed E-state index contributed by atoms with van der Waals surface area (Å²) in [4.78, 5) is 23.3. The molecular formula is C13H15NO3S. The van der Waals surface area contributed by atoms with Gasteiger partial charge in [0, 0.05) is 11.3 Å². The Morgan fingerprint density at radius 2 is 2.11 bits per heavy atom. The van der Waals surface area contributed by atoms with Crippen LogP contribution < -0.4 is 5.32 Å². The van der Waals surface area contributed by atoms with E-state index in [1.165, 1.54) is 37.7 Å². The predicted molar refractivity (Wildman–Crippen MR) is 68.6 cm³/mol. The smallest absolute Gasteiger partial charge is 0.338 e. The van der Waals surface area contributed by atoms with E-state index in [0.717, 1.165) is 5.00 Å². The number of fused-ring (bicyclic) bond motifs is 1. The fraction of sp³-hybridized carbons (Fsp3) is 0.538. The molecule has 4 nitrogen and oxygen atoms in total. The first-order valence-electron chi connectivity index (χ1n) is 6.18. The third-order valence-electron chi connectivity index (χ3n) is 3.98. The molecule has 0 bridgehead atoms. The van der Waals surface area contributed by atoms with Crippen LogP contribution in [0.15, 0.2) is 11.4 Å². The molecule has 1 amide bonds. The fourth-order valence-corrected chi connectivity index (χ4v) is 3.81. The summed E-state index contributed by atoms with van der Waals surface area (Å²) in [5.74, 6) is 1.19. The normalized spacial score (nSPS) is 28.6. The van der Waals surface area contributed by atoms with E-state index in [1.54, 1.807) is 11.4 Å². The van der Waals surface area contributed by atoms with E-state index in [1.807, 2.05) is 0 Å². The van der Waals surface area contributed by atoms with Gasteiger partial charge in [0.15, 0.2) is 0 Å². The Balaban J connectivity index is 1.61. The van der Waals surface area contributed by atoms with Crippen molar-refractivity contribution in [1.29, 1.82) is 0 Å². The molecule has 0 saturated heterocycles. The fourth-order valence-electron chi connectivity index (χ4n) is 3.04. The van der Waals surface area contributed by atoms with Gasteiger partial charge in [0.05, 0.1) is 17.7 Å². The highest BCUT2D eigenvalue weighted by molar-refractivity contribution is 7.14. The van der Waals surface area contributed by atoms with Crippen molar-refractivity contribution in [1.82, 2.24) is 0 Å². The van der Waals surface area contributed by atoms with E-state index in [-0.39, 0.29) is 17.8 Å². The molecule has 1 aromatic rings. The van der Waals surface area contributed by atoms with E-state index < -0.39 is 0 Å². The quantitative estimate of drug-likeness (QED) is 0.854. The summed E-state index contributed by atoms with van der Waals surface area (Å²) in [6.07, 6.45) is 3.66.